The fraction of sp³-hybridized carbons (Fsp3) is 0.111. The number of aryl methyl sites for hydroxylation is 2. The minimum Gasteiger partial charge on any atom is -0.478 e. The van der Waals surface area contributed by atoms with Gasteiger partial charge in [0, 0.05) is 11.6 Å². The summed E-state index contributed by atoms with van der Waals surface area (Å²) in [5, 5.41) is 9.79. The number of rotatable bonds is 2. The Hall–Kier alpha value is -2.88. The van der Waals surface area contributed by atoms with Gasteiger partial charge in [0.2, 0.25) is 0 Å². The Kier molecular flexibility index (Phi) is 3.29. The fourth-order valence-corrected chi connectivity index (χ4v) is 2.63. The molecule has 2 aromatic carbocycles. The SMILES string of the molecule is Cc1cc(C)c2oc(-c3ccccc3C(=O)O)cc(=O)c2c1. The number of fused-ring (bicyclic) bond motifs is 1. The number of carboxylic acids is 1. The number of carbonyl (C=O) groups is 1. The quantitative estimate of drug-likeness (QED) is 0.781. The van der Waals surface area contributed by atoms with Crippen LogP contribution in [0.15, 0.2) is 51.7 Å². The van der Waals surface area contributed by atoms with Crippen LogP contribution in [0.2, 0.25) is 0 Å². The molecule has 22 heavy (non-hydrogen) atoms. The lowest BCUT2D eigenvalue weighted by Gasteiger charge is -2.08. The van der Waals surface area contributed by atoms with Crippen molar-refractivity contribution in [3.05, 3.63) is 69.4 Å². The van der Waals surface area contributed by atoms with Crippen molar-refractivity contribution < 1.29 is 14.3 Å². The largest absolute Gasteiger partial charge is 0.478 e. The molecule has 0 aliphatic heterocycles. The van der Waals surface area contributed by atoms with E-state index in [2.05, 4.69) is 0 Å². The highest BCUT2D eigenvalue weighted by atomic mass is 16.4. The van der Waals surface area contributed by atoms with Crippen LogP contribution in [0.1, 0.15) is 21.5 Å². The van der Waals surface area contributed by atoms with Gasteiger partial charge in [-0.3, -0.25) is 4.79 Å². The van der Waals surface area contributed by atoms with Crippen molar-refractivity contribution >= 4 is 16.9 Å². The average molecular weight is 294 g/mol. The molecule has 0 fully saturated rings. The Morgan fingerprint density at radius 2 is 1.82 bits per heavy atom. The van der Waals surface area contributed by atoms with Gasteiger partial charge >= 0.3 is 5.97 Å². The molecule has 3 rings (SSSR count). The summed E-state index contributed by atoms with van der Waals surface area (Å²) in [4.78, 5) is 23.7. The molecule has 0 radical (unpaired) electrons. The first kappa shape index (κ1) is 14.1. The Morgan fingerprint density at radius 3 is 2.55 bits per heavy atom. The van der Waals surface area contributed by atoms with Crippen molar-refractivity contribution in [3.63, 3.8) is 0 Å². The van der Waals surface area contributed by atoms with Crippen molar-refractivity contribution in [2.75, 3.05) is 0 Å². The van der Waals surface area contributed by atoms with Crippen molar-refractivity contribution in [2.24, 2.45) is 0 Å². The topological polar surface area (TPSA) is 67.5 Å². The average Bonchev–Trinajstić information content (AvgIpc) is 2.48. The molecule has 0 spiro atoms. The summed E-state index contributed by atoms with van der Waals surface area (Å²) in [7, 11) is 0. The lowest BCUT2D eigenvalue weighted by Crippen LogP contribution is -2.04. The van der Waals surface area contributed by atoms with E-state index in [0.717, 1.165) is 11.1 Å². The monoisotopic (exact) mass is 294 g/mol. The van der Waals surface area contributed by atoms with Gasteiger partial charge < -0.3 is 9.52 Å². The molecule has 0 aliphatic carbocycles. The molecule has 0 bridgehead atoms. The second kappa shape index (κ2) is 5.15. The maximum absolute atomic E-state index is 12.4. The number of hydrogen-bond acceptors (Lipinski definition) is 3. The molecule has 1 N–H and O–H groups in total. The van der Waals surface area contributed by atoms with Crippen molar-refractivity contribution in [3.8, 4) is 11.3 Å². The summed E-state index contributed by atoms with van der Waals surface area (Å²) < 4.78 is 5.84. The summed E-state index contributed by atoms with van der Waals surface area (Å²) in [6.45, 7) is 3.78. The first-order valence-electron chi connectivity index (χ1n) is 6.85. The second-order valence-electron chi connectivity index (χ2n) is 5.28. The third-order valence-electron chi connectivity index (χ3n) is 3.58. The summed E-state index contributed by atoms with van der Waals surface area (Å²) in [5.74, 6) is -0.790. The molecule has 1 heterocycles. The summed E-state index contributed by atoms with van der Waals surface area (Å²) in [5.41, 5.74) is 2.65. The van der Waals surface area contributed by atoms with E-state index in [-0.39, 0.29) is 16.8 Å². The molecule has 0 amide bonds. The van der Waals surface area contributed by atoms with Gasteiger partial charge in [-0.1, -0.05) is 24.3 Å². The van der Waals surface area contributed by atoms with Gasteiger partial charge in [-0.2, -0.15) is 0 Å². The molecule has 3 aromatic rings. The zero-order valence-corrected chi connectivity index (χ0v) is 12.2. The van der Waals surface area contributed by atoms with Crippen LogP contribution in [-0.2, 0) is 0 Å². The van der Waals surface area contributed by atoms with Crippen molar-refractivity contribution in [2.45, 2.75) is 13.8 Å². The summed E-state index contributed by atoms with van der Waals surface area (Å²) >= 11 is 0. The van der Waals surface area contributed by atoms with Crippen LogP contribution in [0.25, 0.3) is 22.3 Å². The van der Waals surface area contributed by atoms with Gasteiger partial charge in [0.25, 0.3) is 0 Å². The van der Waals surface area contributed by atoms with Crippen LogP contribution in [0.3, 0.4) is 0 Å². The van der Waals surface area contributed by atoms with E-state index >= 15 is 0 Å². The Morgan fingerprint density at radius 1 is 1.09 bits per heavy atom. The first-order chi connectivity index (χ1) is 10.5. The maximum atomic E-state index is 12.4. The molecule has 110 valence electrons. The molecule has 0 saturated carbocycles. The van der Waals surface area contributed by atoms with Gasteiger partial charge in [-0.05, 0) is 37.1 Å². The van der Waals surface area contributed by atoms with E-state index in [1.54, 1.807) is 24.3 Å². The van der Waals surface area contributed by atoms with Gasteiger partial charge in [0.1, 0.15) is 11.3 Å². The normalized spacial score (nSPS) is 10.8. The van der Waals surface area contributed by atoms with E-state index in [4.69, 9.17) is 4.42 Å². The molecule has 0 aliphatic rings. The standard InChI is InChI=1S/C18H14O4/c1-10-7-11(2)17-14(8-10)15(19)9-16(22-17)12-5-3-4-6-13(12)18(20)21/h3-9H,1-2H3,(H,20,21). The predicted molar refractivity (Wildman–Crippen MR) is 84.4 cm³/mol. The second-order valence-corrected chi connectivity index (χ2v) is 5.28. The highest BCUT2D eigenvalue weighted by Crippen LogP contribution is 2.27. The van der Waals surface area contributed by atoms with Gasteiger partial charge in [0.15, 0.2) is 5.43 Å². The van der Waals surface area contributed by atoms with E-state index in [1.807, 2.05) is 19.9 Å². The molecule has 1 aromatic heterocycles. The van der Waals surface area contributed by atoms with E-state index < -0.39 is 5.97 Å². The van der Waals surface area contributed by atoms with E-state index in [0.29, 0.717) is 16.5 Å². The predicted octanol–water partition coefficient (Wildman–Crippen LogP) is 3.78. The molecule has 0 unspecified atom stereocenters. The van der Waals surface area contributed by atoms with Crippen molar-refractivity contribution in [1.29, 1.82) is 0 Å². The third kappa shape index (κ3) is 2.29. The van der Waals surface area contributed by atoms with Crippen LogP contribution in [0.4, 0.5) is 0 Å². The number of aromatic carboxylic acids is 1. The third-order valence-corrected chi connectivity index (χ3v) is 3.58. The Balaban J connectivity index is 2.35. The maximum Gasteiger partial charge on any atom is 0.336 e. The Labute approximate surface area is 126 Å². The highest BCUT2D eigenvalue weighted by Gasteiger charge is 2.15. The number of benzene rings is 2. The highest BCUT2D eigenvalue weighted by molar-refractivity contribution is 5.95. The molecule has 0 saturated heterocycles. The van der Waals surface area contributed by atoms with Crippen LogP contribution >= 0.6 is 0 Å². The van der Waals surface area contributed by atoms with Crippen LogP contribution in [0, 0.1) is 13.8 Å². The van der Waals surface area contributed by atoms with Gasteiger partial charge in [-0.25, -0.2) is 4.79 Å². The molecular weight excluding hydrogens is 280 g/mol. The lowest BCUT2D eigenvalue weighted by atomic mass is 10.0. The molecule has 4 nitrogen and oxygen atoms in total. The van der Waals surface area contributed by atoms with Gasteiger partial charge in [0.05, 0.1) is 10.9 Å². The van der Waals surface area contributed by atoms with E-state index in [9.17, 15) is 14.7 Å². The van der Waals surface area contributed by atoms with Gasteiger partial charge in [-0.15, -0.1) is 0 Å². The zero-order chi connectivity index (χ0) is 15.9. The van der Waals surface area contributed by atoms with Crippen molar-refractivity contribution in [1.82, 2.24) is 0 Å². The van der Waals surface area contributed by atoms with Crippen LogP contribution in [-0.4, -0.2) is 11.1 Å². The molecular formula is C18H14O4. The molecule has 4 heteroatoms. The summed E-state index contributed by atoms with van der Waals surface area (Å²) in [6.07, 6.45) is 0. The lowest BCUT2D eigenvalue weighted by molar-refractivity contribution is 0.0697. The minimum absolute atomic E-state index is 0.106. The zero-order valence-electron chi connectivity index (χ0n) is 12.2. The first-order valence-corrected chi connectivity index (χ1v) is 6.85. The number of carboxylic acid groups (broad SMARTS) is 1. The minimum atomic E-state index is -1.06. The van der Waals surface area contributed by atoms with E-state index in [1.165, 1.54) is 12.1 Å². The summed E-state index contributed by atoms with van der Waals surface area (Å²) in [6, 6.07) is 11.5. The fourth-order valence-electron chi connectivity index (χ4n) is 2.63. The smallest absolute Gasteiger partial charge is 0.336 e. The van der Waals surface area contributed by atoms with Crippen LogP contribution < -0.4 is 5.43 Å². The Bertz CT molecular complexity index is 951. The number of hydrogen-bond donors (Lipinski definition) is 1. The molecule has 0 atom stereocenters. The van der Waals surface area contributed by atoms with Crippen LogP contribution in [0.5, 0.6) is 0 Å².